The molecule has 188 valence electrons. The van der Waals surface area contributed by atoms with Crippen molar-refractivity contribution in [2.75, 3.05) is 6.61 Å². The van der Waals surface area contributed by atoms with Crippen LogP contribution in [0.15, 0.2) is 30.3 Å². The van der Waals surface area contributed by atoms with E-state index in [9.17, 15) is 34.2 Å². The number of carboxylic acids is 1. The van der Waals surface area contributed by atoms with Gasteiger partial charge in [-0.1, -0.05) is 44.2 Å². The molecule has 0 fully saturated rings. The highest BCUT2D eigenvalue weighted by Crippen LogP contribution is 2.06. The zero-order valence-electron chi connectivity index (χ0n) is 19.2. The summed E-state index contributed by atoms with van der Waals surface area (Å²) in [6, 6.07) is 4.17. The minimum atomic E-state index is -1.49. The van der Waals surface area contributed by atoms with Crippen molar-refractivity contribution in [2.24, 2.45) is 17.4 Å². The molecule has 0 bridgehead atoms. The van der Waals surface area contributed by atoms with Crippen molar-refractivity contribution in [1.82, 2.24) is 16.0 Å². The van der Waals surface area contributed by atoms with E-state index >= 15 is 0 Å². The second-order valence-corrected chi connectivity index (χ2v) is 8.17. The first kappa shape index (κ1) is 28.5. The van der Waals surface area contributed by atoms with Gasteiger partial charge in [0, 0.05) is 6.42 Å². The molecule has 1 aromatic carbocycles. The van der Waals surface area contributed by atoms with E-state index < -0.39 is 66.3 Å². The molecule has 4 unspecified atom stereocenters. The summed E-state index contributed by atoms with van der Waals surface area (Å²) in [6.07, 6.45) is -0.284. The smallest absolute Gasteiger partial charge is 0.326 e. The normalized spacial score (nSPS) is 14.4. The molecular weight excluding hydrogens is 446 g/mol. The summed E-state index contributed by atoms with van der Waals surface area (Å²) >= 11 is 0. The highest BCUT2D eigenvalue weighted by molar-refractivity contribution is 5.94. The molecule has 1 aromatic rings. The first-order chi connectivity index (χ1) is 16.0. The monoisotopic (exact) mass is 479 g/mol. The van der Waals surface area contributed by atoms with Gasteiger partial charge >= 0.3 is 5.97 Å². The van der Waals surface area contributed by atoms with E-state index in [0.717, 1.165) is 5.56 Å². The van der Waals surface area contributed by atoms with Crippen LogP contribution in [0.25, 0.3) is 0 Å². The zero-order valence-corrected chi connectivity index (χ0v) is 19.2. The number of nitrogens with one attached hydrogen (secondary N) is 3. The largest absolute Gasteiger partial charge is 0.480 e. The van der Waals surface area contributed by atoms with Gasteiger partial charge in [-0.25, -0.2) is 4.79 Å². The number of hydrogen-bond donors (Lipinski definition) is 7. The standard InChI is InChI=1S/C22H33N5O7/c1-12(2)18(27-19(30)14(23)10-13-6-4-3-5-7-13)21(32)26-16(11-28)20(31)25-15(22(33)34)8-9-17(24)29/h3-7,12,14-16,18,28H,8-11,23H2,1-2H3,(H2,24,29)(H,25,31)(H,26,32)(H,27,30)(H,33,34). The van der Waals surface area contributed by atoms with Crippen molar-refractivity contribution in [3.05, 3.63) is 35.9 Å². The lowest BCUT2D eigenvalue weighted by molar-refractivity contribution is -0.143. The van der Waals surface area contributed by atoms with Crippen LogP contribution in [0.5, 0.6) is 0 Å². The van der Waals surface area contributed by atoms with E-state index in [1.54, 1.807) is 13.8 Å². The number of aliphatic hydroxyl groups excluding tert-OH is 1. The Balaban J connectivity index is 2.79. The molecule has 0 aliphatic rings. The Labute approximate surface area is 197 Å². The molecule has 1 rings (SSSR count). The van der Waals surface area contributed by atoms with Crippen LogP contribution in [0.4, 0.5) is 0 Å². The van der Waals surface area contributed by atoms with Crippen molar-refractivity contribution in [2.45, 2.75) is 57.3 Å². The van der Waals surface area contributed by atoms with E-state index in [1.807, 2.05) is 30.3 Å². The predicted molar refractivity (Wildman–Crippen MR) is 122 cm³/mol. The fourth-order valence-electron chi connectivity index (χ4n) is 3.03. The van der Waals surface area contributed by atoms with Crippen LogP contribution in [0.3, 0.4) is 0 Å². The van der Waals surface area contributed by atoms with Gasteiger partial charge in [-0.15, -0.1) is 0 Å². The highest BCUT2D eigenvalue weighted by Gasteiger charge is 2.31. The van der Waals surface area contributed by atoms with E-state index in [2.05, 4.69) is 16.0 Å². The first-order valence-corrected chi connectivity index (χ1v) is 10.8. The lowest BCUT2D eigenvalue weighted by Crippen LogP contribution is -2.59. The van der Waals surface area contributed by atoms with Crippen LogP contribution < -0.4 is 27.4 Å². The summed E-state index contributed by atoms with van der Waals surface area (Å²) in [7, 11) is 0. The van der Waals surface area contributed by atoms with Crippen LogP contribution in [0.1, 0.15) is 32.3 Å². The van der Waals surface area contributed by atoms with Gasteiger partial charge in [0.25, 0.3) is 0 Å². The number of hydrogen-bond acceptors (Lipinski definition) is 7. The zero-order chi connectivity index (χ0) is 25.8. The molecule has 0 saturated carbocycles. The molecule has 0 saturated heterocycles. The average Bonchev–Trinajstić information content (AvgIpc) is 2.77. The van der Waals surface area contributed by atoms with Gasteiger partial charge in [0.15, 0.2) is 0 Å². The molecule has 0 spiro atoms. The maximum absolute atomic E-state index is 12.8. The van der Waals surface area contributed by atoms with Crippen LogP contribution in [0, 0.1) is 5.92 Å². The van der Waals surface area contributed by atoms with Crippen molar-refractivity contribution in [1.29, 1.82) is 0 Å². The maximum Gasteiger partial charge on any atom is 0.326 e. The third kappa shape index (κ3) is 9.55. The van der Waals surface area contributed by atoms with Crippen LogP contribution in [-0.4, -0.2) is 70.6 Å². The fourth-order valence-corrected chi connectivity index (χ4v) is 3.03. The van der Waals surface area contributed by atoms with E-state index in [-0.39, 0.29) is 19.3 Å². The molecule has 12 nitrogen and oxygen atoms in total. The van der Waals surface area contributed by atoms with Crippen LogP contribution in [-0.2, 0) is 30.4 Å². The SMILES string of the molecule is CC(C)C(NC(=O)C(N)Cc1ccccc1)C(=O)NC(CO)C(=O)NC(CCC(N)=O)C(=O)O. The first-order valence-electron chi connectivity index (χ1n) is 10.8. The molecule has 0 radical (unpaired) electrons. The van der Waals surface area contributed by atoms with E-state index in [0.29, 0.717) is 0 Å². The quantitative estimate of drug-likeness (QED) is 0.158. The van der Waals surface area contributed by atoms with Crippen molar-refractivity contribution >= 4 is 29.6 Å². The summed E-state index contributed by atoms with van der Waals surface area (Å²) in [4.78, 5) is 60.0. The van der Waals surface area contributed by atoms with Gasteiger partial charge in [0.05, 0.1) is 12.6 Å². The molecule has 9 N–H and O–H groups in total. The second kappa shape index (κ2) is 13.9. The third-order valence-corrected chi connectivity index (χ3v) is 4.99. The summed E-state index contributed by atoms with van der Waals surface area (Å²) < 4.78 is 0. The summed E-state index contributed by atoms with van der Waals surface area (Å²) in [6.45, 7) is 2.52. The topological polar surface area (TPSA) is 214 Å². The number of carboxylic acid groups (broad SMARTS) is 1. The Bertz CT molecular complexity index is 862. The Morgan fingerprint density at radius 1 is 0.912 bits per heavy atom. The summed E-state index contributed by atoms with van der Waals surface area (Å²) in [5.41, 5.74) is 11.8. The molecule has 4 atom stereocenters. The van der Waals surface area contributed by atoms with Crippen molar-refractivity contribution < 1.29 is 34.2 Å². The number of amides is 4. The summed E-state index contributed by atoms with van der Waals surface area (Å²) in [5.74, 6) is -4.83. The van der Waals surface area contributed by atoms with Crippen molar-refractivity contribution in [3.63, 3.8) is 0 Å². The number of aliphatic carboxylic acids is 1. The highest BCUT2D eigenvalue weighted by atomic mass is 16.4. The van der Waals surface area contributed by atoms with Gasteiger partial charge in [0.1, 0.15) is 18.1 Å². The maximum atomic E-state index is 12.8. The number of primary amides is 1. The van der Waals surface area contributed by atoms with Gasteiger partial charge in [-0.2, -0.15) is 0 Å². The fraction of sp³-hybridized carbons (Fsp3) is 0.500. The van der Waals surface area contributed by atoms with Gasteiger partial charge in [0.2, 0.25) is 23.6 Å². The molecule has 0 aliphatic heterocycles. The molecule has 0 heterocycles. The number of carbonyl (C=O) groups is 5. The molecule has 4 amide bonds. The number of carbonyl (C=O) groups excluding carboxylic acids is 4. The Hall–Kier alpha value is -3.51. The third-order valence-electron chi connectivity index (χ3n) is 4.99. The Kier molecular flexibility index (Phi) is 11.7. The number of benzene rings is 1. The minimum Gasteiger partial charge on any atom is -0.480 e. The van der Waals surface area contributed by atoms with Crippen LogP contribution in [0.2, 0.25) is 0 Å². The summed E-state index contributed by atoms with van der Waals surface area (Å²) in [5, 5.41) is 25.8. The molecule has 0 aliphatic carbocycles. The lowest BCUT2D eigenvalue weighted by Gasteiger charge is -2.26. The van der Waals surface area contributed by atoms with E-state index in [4.69, 9.17) is 11.5 Å². The second-order valence-electron chi connectivity index (χ2n) is 8.17. The van der Waals surface area contributed by atoms with Gasteiger partial charge in [-0.05, 0) is 24.3 Å². The molecule has 12 heteroatoms. The van der Waals surface area contributed by atoms with E-state index in [1.165, 1.54) is 0 Å². The molecule has 0 aromatic heterocycles. The van der Waals surface area contributed by atoms with Gasteiger partial charge < -0.3 is 37.6 Å². The minimum absolute atomic E-state index is 0.253. The Morgan fingerprint density at radius 2 is 1.50 bits per heavy atom. The molecular formula is C22H33N5O7. The number of aliphatic hydroxyl groups is 1. The predicted octanol–water partition coefficient (Wildman–Crippen LogP) is -1.99. The molecule has 34 heavy (non-hydrogen) atoms. The average molecular weight is 480 g/mol. The number of rotatable bonds is 14. The van der Waals surface area contributed by atoms with Crippen molar-refractivity contribution in [3.8, 4) is 0 Å². The number of nitrogens with two attached hydrogens (primary N) is 2. The Morgan fingerprint density at radius 3 is 2.00 bits per heavy atom. The lowest BCUT2D eigenvalue weighted by atomic mass is 10.0. The van der Waals surface area contributed by atoms with Gasteiger partial charge in [-0.3, -0.25) is 19.2 Å². The van der Waals surface area contributed by atoms with Crippen LogP contribution >= 0.6 is 0 Å².